The van der Waals surface area contributed by atoms with Crippen LogP contribution in [0.1, 0.15) is 57.4 Å². The van der Waals surface area contributed by atoms with Crippen molar-refractivity contribution >= 4 is 11.9 Å². The van der Waals surface area contributed by atoms with E-state index in [-0.39, 0.29) is 11.9 Å². The Kier molecular flexibility index (Phi) is 9.75. The first-order valence-electron chi connectivity index (χ1n) is 11.8. The van der Waals surface area contributed by atoms with Crippen LogP contribution in [0.2, 0.25) is 0 Å². The summed E-state index contributed by atoms with van der Waals surface area (Å²) in [6.45, 7) is 6.93. The van der Waals surface area contributed by atoms with Crippen LogP contribution in [0.5, 0.6) is 0 Å². The van der Waals surface area contributed by atoms with Crippen LogP contribution in [0.3, 0.4) is 0 Å². The van der Waals surface area contributed by atoms with Crippen molar-refractivity contribution in [1.82, 2.24) is 9.62 Å². The Morgan fingerprint density at radius 1 is 1.28 bits per heavy atom. The van der Waals surface area contributed by atoms with Crippen molar-refractivity contribution in [3.63, 3.8) is 0 Å². The first-order valence-corrected chi connectivity index (χ1v) is 12.7. The summed E-state index contributed by atoms with van der Waals surface area (Å²) < 4.78 is 23.7. The van der Waals surface area contributed by atoms with E-state index in [9.17, 15) is 4.39 Å². The van der Waals surface area contributed by atoms with Gasteiger partial charge in [0, 0.05) is 30.3 Å². The van der Waals surface area contributed by atoms with Crippen LogP contribution in [-0.4, -0.2) is 42.0 Å². The van der Waals surface area contributed by atoms with Gasteiger partial charge in [-0.2, -0.15) is 0 Å². The third kappa shape index (κ3) is 7.42. The molecule has 1 aliphatic heterocycles. The van der Waals surface area contributed by atoms with E-state index in [0.29, 0.717) is 23.1 Å². The molecule has 1 aromatic rings. The first-order chi connectivity index (χ1) is 15.5. The van der Waals surface area contributed by atoms with Crippen LogP contribution in [0.25, 0.3) is 0 Å². The third-order valence-corrected chi connectivity index (χ3v) is 7.38. The van der Waals surface area contributed by atoms with Gasteiger partial charge >= 0.3 is 0 Å². The molecule has 2 atom stereocenters. The van der Waals surface area contributed by atoms with Crippen LogP contribution < -0.4 is 16.2 Å². The normalized spacial score (nSPS) is 27.4. The van der Waals surface area contributed by atoms with Crippen molar-refractivity contribution in [2.75, 3.05) is 19.7 Å². The molecule has 0 spiro atoms. The monoisotopic (exact) mass is 462 g/mol. The second kappa shape index (κ2) is 12.5. The zero-order valence-electron chi connectivity index (χ0n) is 19.4. The number of nitrogens with zero attached hydrogens (tertiary/aromatic N) is 1. The van der Waals surface area contributed by atoms with Crippen LogP contribution in [0.4, 0.5) is 4.39 Å². The third-order valence-electron chi connectivity index (χ3n) is 6.47. The number of nitrogens with two attached hydrogens (primary N) is 2. The van der Waals surface area contributed by atoms with Gasteiger partial charge in [0.05, 0.1) is 18.5 Å². The summed E-state index contributed by atoms with van der Waals surface area (Å²) in [7, 11) is 0. The molecule has 1 aromatic carbocycles. The molecule has 2 unspecified atom stereocenters. The topological polar surface area (TPSA) is 76.5 Å². The maximum Gasteiger partial charge on any atom is 0.123 e. The first kappa shape index (κ1) is 24.9. The molecule has 0 amide bonds. The Bertz CT molecular complexity index is 764. The molecule has 5 nitrogen and oxygen atoms in total. The molecule has 5 N–H and O–H groups in total. The number of piperidine rings is 1. The Morgan fingerprint density at radius 2 is 2.06 bits per heavy atom. The van der Waals surface area contributed by atoms with Gasteiger partial charge in [-0.05, 0) is 74.1 Å². The SMILES string of the molecule is CC(C)SNC1CCN(/C(N)=C/C=C\N)CC1COC1CCC(c2cccc(F)c2)CC1. The smallest absolute Gasteiger partial charge is 0.123 e. The lowest BCUT2D eigenvalue weighted by atomic mass is 9.82. The van der Waals surface area contributed by atoms with Crippen molar-refractivity contribution in [1.29, 1.82) is 0 Å². The van der Waals surface area contributed by atoms with Crippen LogP contribution in [-0.2, 0) is 4.74 Å². The fourth-order valence-electron chi connectivity index (χ4n) is 4.66. The lowest BCUT2D eigenvalue weighted by molar-refractivity contribution is -0.0134. The average molecular weight is 463 g/mol. The Labute approximate surface area is 197 Å². The molecule has 0 bridgehead atoms. The van der Waals surface area contributed by atoms with Crippen molar-refractivity contribution < 1.29 is 9.13 Å². The second-order valence-electron chi connectivity index (χ2n) is 9.22. The minimum Gasteiger partial charge on any atom is -0.405 e. The van der Waals surface area contributed by atoms with Gasteiger partial charge in [0.2, 0.25) is 0 Å². The quantitative estimate of drug-likeness (QED) is 0.371. The molecule has 3 rings (SSSR count). The molecule has 0 aromatic heterocycles. The van der Waals surface area contributed by atoms with Gasteiger partial charge in [-0.1, -0.05) is 37.9 Å². The van der Waals surface area contributed by atoms with E-state index in [2.05, 4.69) is 23.5 Å². The van der Waals surface area contributed by atoms with Gasteiger partial charge in [-0.15, -0.1) is 0 Å². The highest BCUT2D eigenvalue weighted by molar-refractivity contribution is 7.98. The molecule has 32 heavy (non-hydrogen) atoms. The fourth-order valence-corrected chi connectivity index (χ4v) is 5.41. The molecule has 1 saturated carbocycles. The highest BCUT2D eigenvalue weighted by Gasteiger charge is 2.31. The number of nitrogens with one attached hydrogen (secondary N) is 1. The van der Waals surface area contributed by atoms with Gasteiger partial charge in [0.1, 0.15) is 5.82 Å². The molecule has 2 fully saturated rings. The van der Waals surface area contributed by atoms with E-state index in [1.54, 1.807) is 24.1 Å². The summed E-state index contributed by atoms with van der Waals surface area (Å²) in [4.78, 5) is 2.23. The Morgan fingerprint density at radius 3 is 2.75 bits per heavy atom. The van der Waals surface area contributed by atoms with Crippen LogP contribution in [0, 0.1) is 11.7 Å². The molecule has 1 saturated heterocycles. The maximum atomic E-state index is 13.6. The van der Waals surface area contributed by atoms with E-state index < -0.39 is 0 Å². The van der Waals surface area contributed by atoms with E-state index >= 15 is 0 Å². The molecular weight excluding hydrogens is 423 g/mol. The van der Waals surface area contributed by atoms with Gasteiger partial charge in [0.15, 0.2) is 0 Å². The molecule has 7 heteroatoms. The fraction of sp³-hybridized carbons (Fsp3) is 0.600. The summed E-state index contributed by atoms with van der Waals surface area (Å²) in [5, 5.41) is 0.535. The van der Waals surface area contributed by atoms with Crippen molar-refractivity contribution in [2.45, 2.75) is 69.3 Å². The zero-order valence-corrected chi connectivity index (χ0v) is 20.2. The highest BCUT2D eigenvalue weighted by Crippen LogP contribution is 2.35. The minimum absolute atomic E-state index is 0.143. The van der Waals surface area contributed by atoms with Gasteiger partial charge in [-0.25, -0.2) is 4.39 Å². The summed E-state index contributed by atoms with van der Waals surface area (Å²) in [5.74, 6) is 1.41. The predicted molar refractivity (Wildman–Crippen MR) is 132 cm³/mol. The van der Waals surface area contributed by atoms with E-state index in [1.165, 1.54) is 12.3 Å². The minimum atomic E-state index is -0.143. The summed E-state index contributed by atoms with van der Waals surface area (Å²) in [6.07, 6.45) is 10.6. The van der Waals surface area contributed by atoms with E-state index in [1.807, 2.05) is 18.2 Å². The number of hydrogen-bond acceptors (Lipinski definition) is 6. The van der Waals surface area contributed by atoms with Gasteiger partial charge in [0.25, 0.3) is 0 Å². The second-order valence-corrected chi connectivity index (χ2v) is 10.6. The number of benzene rings is 1. The molecule has 1 aliphatic carbocycles. The van der Waals surface area contributed by atoms with Crippen LogP contribution in [0.15, 0.2) is 48.4 Å². The van der Waals surface area contributed by atoms with Gasteiger partial charge < -0.3 is 21.1 Å². The Balaban J connectivity index is 1.53. The average Bonchev–Trinajstić information content (AvgIpc) is 2.80. The molecule has 178 valence electrons. The maximum absolute atomic E-state index is 13.6. The van der Waals surface area contributed by atoms with Crippen molar-refractivity contribution in [2.24, 2.45) is 17.4 Å². The van der Waals surface area contributed by atoms with Crippen molar-refractivity contribution in [3.8, 4) is 0 Å². The highest BCUT2D eigenvalue weighted by atomic mass is 32.2. The zero-order chi connectivity index (χ0) is 22.9. The number of likely N-dealkylation sites (tertiary alicyclic amines) is 1. The van der Waals surface area contributed by atoms with Crippen LogP contribution >= 0.6 is 11.9 Å². The standard InChI is InChI=1S/C25H39FN4OS/c1-18(2)32-29-24-12-14-30(25(28)7-4-13-27)16-21(24)17-31-23-10-8-19(9-11-23)20-5-3-6-22(26)15-20/h3-7,13,15,18-19,21,23-24,29H,8-12,14,16-17,27-28H2,1-2H3/b13-4-,25-7+. The molecule has 2 aliphatic rings. The Hall–Kier alpha value is -1.70. The lowest BCUT2D eigenvalue weighted by Gasteiger charge is -2.41. The number of hydrogen-bond donors (Lipinski definition) is 3. The molecule has 0 radical (unpaired) electrons. The van der Waals surface area contributed by atoms with E-state index in [4.69, 9.17) is 16.2 Å². The number of allylic oxidation sites excluding steroid dienone is 2. The summed E-state index contributed by atoms with van der Waals surface area (Å²) in [6, 6.07) is 7.46. The summed E-state index contributed by atoms with van der Waals surface area (Å²) in [5.41, 5.74) is 12.8. The number of ether oxygens (including phenoxy) is 1. The molecule has 1 heterocycles. The lowest BCUT2D eigenvalue weighted by Crippen LogP contribution is -2.50. The van der Waals surface area contributed by atoms with Crippen molar-refractivity contribution in [3.05, 3.63) is 59.8 Å². The largest absolute Gasteiger partial charge is 0.405 e. The predicted octanol–water partition coefficient (Wildman–Crippen LogP) is 4.48. The summed E-state index contributed by atoms with van der Waals surface area (Å²) >= 11 is 1.80. The molecular formula is C25H39FN4OS. The number of halogens is 1. The van der Waals surface area contributed by atoms with E-state index in [0.717, 1.165) is 63.2 Å². The number of rotatable bonds is 9. The van der Waals surface area contributed by atoms with Gasteiger partial charge in [-0.3, -0.25) is 4.72 Å².